The lowest BCUT2D eigenvalue weighted by molar-refractivity contribution is 0.0564. The Morgan fingerprint density at radius 3 is 3.00 bits per heavy atom. The maximum absolute atomic E-state index is 8.98. The van der Waals surface area contributed by atoms with Crippen LogP contribution in [0.1, 0.15) is 19.8 Å². The normalized spacial score (nSPS) is 27.3. The highest BCUT2D eigenvalue weighted by Crippen LogP contribution is 2.15. The molecule has 1 heterocycles. The molecule has 3 nitrogen and oxygen atoms in total. The van der Waals surface area contributed by atoms with Gasteiger partial charge >= 0.3 is 0 Å². The van der Waals surface area contributed by atoms with E-state index in [1.807, 2.05) is 6.92 Å². The number of likely N-dealkylation sites (N-methyl/N-ethyl adjacent to an activating group) is 1. The predicted molar refractivity (Wildman–Crippen MR) is 43.5 cm³/mol. The van der Waals surface area contributed by atoms with E-state index >= 15 is 0 Å². The molecule has 2 unspecified atom stereocenters. The molecule has 0 aromatic rings. The lowest BCUT2D eigenvalue weighted by atomic mass is 10.1. The first-order valence-corrected chi connectivity index (χ1v) is 4.34. The third-order valence-corrected chi connectivity index (χ3v) is 2.08. The van der Waals surface area contributed by atoms with Gasteiger partial charge in [0, 0.05) is 6.61 Å². The smallest absolute Gasteiger partial charge is 0.0751 e. The Balaban J connectivity index is 2.27. The van der Waals surface area contributed by atoms with Gasteiger partial charge in [-0.05, 0) is 19.4 Å². The molecule has 0 saturated carbocycles. The van der Waals surface area contributed by atoms with Crippen LogP contribution in [0.3, 0.4) is 0 Å². The largest absolute Gasteiger partial charge is 0.395 e. The SMILES string of the molecule is CCNC(CO)C1CCCO1. The maximum Gasteiger partial charge on any atom is 0.0751 e. The Labute approximate surface area is 67.7 Å². The number of aliphatic hydroxyl groups excluding tert-OH is 1. The van der Waals surface area contributed by atoms with Crippen LogP contribution in [0.25, 0.3) is 0 Å². The van der Waals surface area contributed by atoms with E-state index in [0.717, 1.165) is 26.0 Å². The Morgan fingerprint density at radius 1 is 1.73 bits per heavy atom. The monoisotopic (exact) mass is 159 g/mol. The summed E-state index contributed by atoms with van der Waals surface area (Å²) >= 11 is 0. The van der Waals surface area contributed by atoms with E-state index in [2.05, 4.69) is 5.32 Å². The van der Waals surface area contributed by atoms with Gasteiger partial charge in [0.2, 0.25) is 0 Å². The summed E-state index contributed by atoms with van der Waals surface area (Å²) in [5.41, 5.74) is 0. The highest BCUT2D eigenvalue weighted by atomic mass is 16.5. The van der Waals surface area contributed by atoms with E-state index in [1.54, 1.807) is 0 Å². The number of rotatable bonds is 4. The quantitative estimate of drug-likeness (QED) is 0.613. The van der Waals surface area contributed by atoms with Crippen molar-refractivity contribution in [1.29, 1.82) is 0 Å². The van der Waals surface area contributed by atoms with Gasteiger partial charge in [-0.25, -0.2) is 0 Å². The molecule has 1 fully saturated rings. The molecule has 1 saturated heterocycles. The zero-order valence-corrected chi connectivity index (χ0v) is 7.05. The molecule has 0 aromatic carbocycles. The summed E-state index contributed by atoms with van der Waals surface area (Å²) < 4.78 is 5.44. The second kappa shape index (κ2) is 4.70. The van der Waals surface area contributed by atoms with Gasteiger partial charge < -0.3 is 15.2 Å². The molecule has 3 heteroatoms. The van der Waals surface area contributed by atoms with Crippen molar-refractivity contribution < 1.29 is 9.84 Å². The lowest BCUT2D eigenvalue weighted by Gasteiger charge is -2.20. The van der Waals surface area contributed by atoms with Crippen molar-refractivity contribution in [3.63, 3.8) is 0 Å². The third kappa shape index (κ3) is 2.43. The van der Waals surface area contributed by atoms with Crippen LogP contribution in [0.2, 0.25) is 0 Å². The van der Waals surface area contributed by atoms with Gasteiger partial charge in [-0.3, -0.25) is 0 Å². The Bertz CT molecular complexity index is 102. The lowest BCUT2D eigenvalue weighted by Crippen LogP contribution is -2.42. The molecular formula is C8H17NO2. The first-order valence-electron chi connectivity index (χ1n) is 4.34. The minimum Gasteiger partial charge on any atom is -0.395 e. The van der Waals surface area contributed by atoms with Crippen molar-refractivity contribution >= 4 is 0 Å². The van der Waals surface area contributed by atoms with Gasteiger partial charge in [0.25, 0.3) is 0 Å². The van der Waals surface area contributed by atoms with Gasteiger partial charge in [0.05, 0.1) is 18.8 Å². The molecule has 0 amide bonds. The van der Waals surface area contributed by atoms with Crippen LogP contribution in [0.4, 0.5) is 0 Å². The molecule has 0 aliphatic carbocycles. The molecule has 11 heavy (non-hydrogen) atoms. The van der Waals surface area contributed by atoms with Crippen molar-refractivity contribution in [2.24, 2.45) is 0 Å². The van der Waals surface area contributed by atoms with E-state index in [0.29, 0.717) is 0 Å². The molecule has 2 atom stereocenters. The van der Waals surface area contributed by atoms with E-state index < -0.39 is 0 Å². The Hall–Kier alpha value is -0.120. The summed E-state index contributed by atoms with van der Waals surface area (Å²) in [5.74, 6) is 0. The van der Waals surface area contributed by atoms with Gasteiger partial charge in [0.1, 0.15) is 0 Å². The molecule has 66 valence electrons. The average molecular weight is 159 g/mol. The molecule has 0 spiro atoms. The fourth-order valence-electron chi connectivity index (χ4n) is 1.50. The molecule has 0 bridgehead atoms. The minimum absolute atomic E-state index is 0.141. The summed E-state index contributed by atoms with van der Waals surface area (Å²) in [6.45, 7) is 3.97. The third-order valence-electron chi connectivity index (χ3n) is 2.08. The minimum atomic E-state index is 0.141. The van der Waals surface area contributed by atoms with Crippen LogP contribution >= 0.6 is 0 Å². The molecular weight excluding hydrogens is 142 g/mol. The van der Waals surface area contributed by atoms with Gasteiger partial charge in [-0.2, -0.15) is 0 Å². The fourth-order valence-corrected chi connectivity index (χ4v) is 1.50. The molecule has 1 aliphatic rings. The Morgan fingerprint density at radius 2 is 2.55 bits per heavy atom. The van der Waals surface area contributed by atoms with Crippen molar-refractivity contribution in [1.82, 2.24) is 5.32 Å². The van der Waals surface area contributed by atoms with E-state index in [1.165, 1.54) is 0 Å². The second-order valence-electron chi connectivity index (χ2n) is 2.90. The zero-order chi connectivity index (χ0) is 8.10. The van der Waals surface area contributed by atoms with E-state index in [4.69, 9.17) is 9.84 Å². The van der Waals surface area contributed by atoms with Crippen LogP contribution in [0, 0.1) is 0 Å². The number of ether oxygens (including phenoxy) is 1. The molecule has 2 N–H and O–H groups in total. The summed E-state index contributed by atoms with van der Waals surface area (Å²) in [6.07, 6.45) is 2.45. The second-order valence-corrected chi connectivity index (χ2v) is 2.90. The van der Waals surface area contributed by atoms with Crippen molar-refractivity contribution in [3.8, 4) is 0 Å². The van der Waals surface area contributed by atoms with Crippen molar-refractivity contribution in [2.45, 2.75) is 31.9 Å². The maximum atomic E-state index is 8.98. The van der Waals surface area contributed by atoms with E-state index in [-0.39, 0.29) is 18.8 Å². The summed E-state index contributed by atoms with van der Waals surface area (Å²) in [4.78, 5) is 0. The van der Waals surface area contributed by atoms with Crippen LogP contribution < -0.4 is 5.32 Å². The Kier molecular flexibility index (Phi) is 3.83. The summed E-state index contributed by atoms with van der Waals surface area (Å²) in [5, 5.41) is 12.2. The number of hydrogen-bond donors (Lipinski definition) is 2. The molecule has 1 rings (SSSR count). The van der Waals surface area contributed by atoms with Crippen LogP contribution in [-0.4, -0.2) is 37.0 Å². The van der Waals surface area contributed by atoms with Gasteiger partial charge in [-0.1, -0.05) is 6.92 Å². The fraction of sp³-hybridized carbons (Fsp3) is 1.00. The van der Waals surface area contributed by atoms with Gasteiger partial charge in [0.15, 0.2) is 0 Å². The average Bonchev–Trinajstić information content (AvgIpc) is 2.52. The predicted octanol–water partition coefficient (Wildman–Crippen LogP) is 0.136. The summed E-state index contributed by atoms with van der Waals surface area (Å²) in [6, 6.07) is 0.141. The standard InChI is InChI=1S/C8H17NO2/c1-2-9-7(6-10)8-4-3-5-11-8/h7-10H,2-6H2,1H3. The van der Waals surface area contributed by atoms with Crippen LogP contribution in [0.5, 0.6) is 0 Å². The first-order chi connectivity index (χ1) is 5.38. The molecule has 0 radical (unpaired) electrons. The first kappa shape index (κ1) is 8.97. The highest BCUT2D eigenvalue weighted by molar-refractivity contribution is 4.79. The highest BCUT2D eigenvalue weighted by Gasteiger charge is 2.24. The molecule has 0 aromatic heterocycles. The zero-order valence-electron chi connectivity index (χ0n) is 7.05. The van der Waals surface area contributed by atoms with E-state index in [9.17, 15) is 0 Å². The van der Waals surface area contributed by atoms with Crippen molar-refractivity contribution in [2.75, 3.05) is 19.8 Å². The topological polar surface area (TPSA) is 41.5 Å². The van der Waals surface area contributed by atoms with Gasteiger partial charge in [-0.15, -0.1) is 0 Å². The van der Waals surface area contributed by atoms with Crippen LogP contribution in [-0.2, 0) is 4.74 Å². The number of hydrogen-bond acceptors (Lipinski definition) is 3. The number of nitrogens with one attached hydrogen (secondary N) is 1. The van der Waals surface area contributed by atoms with Crippen LogP contribution in [0.15, 0.2) is 0 Å². The van der Waals surface area contributed by atoms with Crippen molar-refractivity contribution in [3.05, 3.63) is 0 Å². The molecule has 1 aliphatic heterocycles. The summed E-state index contributed by atoms with van der Waals surface area (Å²) in [7, 11) is 0. The number of aliphatic hydroxyl groups is 1.